The minimum Gasteiger partial charge on any atom is -0.339 e. The van der Waals surface area contributed by atoms with Gasteiger partial charge in [0.15, 0.2) is 0 Å². The summed E-state index contributed by atoms with van der Waals surface area (Å²) in [6, 6.07) is 0.455. The summed E-state index contributed by atoms with van der Waals surface area (Å²) in [5, 5.41) is 0.569. The van der Waals surface area contributed by atoms with Gasteiger partial charge in [0.2, 0.25) is 5.95 Å². The molecule has 0 radical (unpaired) electrons. The van der Waals surface area contributed by atoms with Crippen LogP contribution in [0.1, 0.15) is 12.5 Å². The van der Waals surface area contributed by atoms with E-state index < -0.39 is 0 Å². The van der Waals surface area contributed by atoms with Crippen molar-refractivity contribution in [3.05, 3.63) is 36.1 Å². The molecular formula is C11H12ClN5. The number of halogens is 1. The minimum atomic E-state index is 0.455. The average molecular weight is 250 g/mol. The molecule has 0 amide bonds. The standard InChI is InChI=1S/C11H12ClN5/c12-9-5-14-11(15-6-9)16-3-1-10(7-16)17-4-2-13-8-17/h2,4-6,8,10H,1,3,7H2. The Morgan fingerprint density at radius 1 is 1.29 bits per heavy atom. The molecule has 1 saturated heterocycles. The van der Waals surface area contributed by atoms with E-state index in [-0.39, 0.29) is 0 Å². The first-order valence-corrected chi connectivity index (χ1v) is 5.90. The predicted octanol–water partition coefficient (Wildman–Crippen LogP) is 1.78. The van der Waals surface area contributed by atoms with Crippen molar-refractivity contribution < 1.29 is 0 Å². The highest BCUT2D eigenvalue weighted by atomic mass is 35.5. The van der Waals surface area contributed by atoms with E-state index in [1.165, 1.54) is 0 Å². The average Bonchev–Trinajstić information content (AvgIpc) is 3.00. The minimum absolute atomic E-state index is 0.455. The molecule has 1 aliphatic rings. The first-order chi connectivity index (χ1) is 8.33. The van der Waals surface area contributed by atoms with Crippen molar-refractivity contribution in [2.24, 2.45) is 0 Å². The molecule has 3 heterocycles. The van der Waals surface area contributed by atoms with Crippen LogP contribution in [0.15, 0.2) is 31.1 Å². The third kappa shape index (κ3) is 2.10. The number of hydrogen-bond acceptors (Lipinski definition) is 4. The van der Waals surface area contributed by atoms with E-state index in [1.54, 1.807) is 18.6 Å². The first-order valence-electron chi connectivity index (χ1n) is 5.53. The maximum absolute atomic E-state index is 5.77. The molecule has 2 aromatic rings. The Bertz CT molecular complexity index is 481. The van der Waals surface area contributed by atoms with Gasteiger partial charge in [-0.15, -0.1) is 0 Å². The van der Waals surface area contributed by atoms with Crippen LogP contribution in [0.5, 0.6) is 0 Å². The molecule has 88 valence electrons. The van der Waals surface area contributed by atoms with Gasteiger partial charge in [0.1, 0.15) is 0 Å². The number of hydrogen-bond donors (Lipinski definition) is 0. The Kier molecular flexibility index (Phi) is 2.68. The van der Waals surface area contributed by atoms with Gasteiger partial charge in [0.05, 0.1) is 29.8 Å². The molecular weight excluding hydrogens is 238 g/mol. The van der Waals surface area contributed by atoms with Crippen molar-refractivity contribution in [1.29, 1.82) is 0 Å². The molecule has 1 unspecified atom stereocenters. The Hall–Kier alpha value is -1.62. The highest BCUT2D eigenvalue weighted by Gasteiger charge is 2.25. The molecule has 2 aromatic heterocycles. The van der Waals surface area contributed by atoms with Crippen LogP contribution in [0, 0.1) is 0 Å². The third-order valence-electron chi connectivity index (χ3n) is 3.00. The number of imidazole rings is 1. The highest BCUT2D eigenvalue weighted by molar-refractivity contribution is 6.30. The maximum Gasteiger partial charge on any atom is 0.225 e. The van der Waals surface area contributed by atoms with Crippen molar-refractivity contribution in [1.82, 2.24) is 19.5 Å². The van der Waals surface area contributed by atoms with E-state index in [4.69, 9.17) is 11.6 Å². The van der Waals surface area contributed by atoms with Gasteiger partial charge in [-0.25, -0.2) is 15.0 Å². The van der Waals surface area contributed by atoms with E-state index in [0.29, 0.717) is 11.1 Å². The van der Waals surface area contributed by atoms with Gasteiger partial charge in [0.25, 0.3) is 0 Å². The van der Waals surface area contributed by atoms with Crippen molar-refractivity contribution in [2.75, 3.05) is 18.0 Å². The Morgan fingerprint density at radius 3 is 2.82 bits per heavy atom. The summed E-state index contributed by atoms with van der Waals surface area (Å²) in [4.78, 5) is 14.7. The van der Waals surface area contributed by atoms with E-state index in [0.717, 1.165) is 25.5 Å². The zero-order valence-corrected chi connectivity index (χ0v) is 9.96. The largest absolute Gasteiger partial charge is 0.339 e. The van der Waals surface area contributed by atoms with Crippen molar-refractivity contribution in [2.45, 2.75) is 12.5 Å². The quantitative estimate of drug-likeness (QED) is 0.814. The predicted molar refractivity (Wildman–Crippen MR) is 65.1 cm³/mol. The molecule has 3 rings (SSSR count). The second-order valence-corrected chi connectivity index (χ2v) is 4.54. The van der Waals surface area contributed by atoms with E-state index in [2.05, 4.69) is 24.4 Å². The van der Waals surface area contributed by atoms with Crippen LogP contribution in [-0.4, -0.2) is 32.6 Å². The van der Waals surface area contributed by atoms with E-state index in [9.17, 15) is 0 Å². The lowest BCUT2D eigenvalue weighted by Crippen LogP contribution is -2.22. The molecule has 0 saturated carbocycles. The zero-order chi connectivity index (χ0) is 11.7. The molecule has 1 fully saturated rings. The van der Waals surface area contributed by atoms with Gasteiger partial charge in [-0.1, -0.05) is 11.6 Å². The summed E-state index contributed by atoms with van der Waals surface area (Å²) in [5.74, 6) is 0.747. The lowest BCUT2D eigenvalue weighted by Gasteiger charge is -2.16. The number of rotatable bonds is 2. The summed E-state index contributed by atoms with van der Waals surface area (Å²) < 4.78 is 2.13. The van der Waals surface area contributed by atoms with Crippen LogP contribution in [0.2, 0.25) is 5.02 Å². The lowest BCUT2D eigenvalue weighted by atomic mass is 10.3. The summed E-state index contributed by atoms with van der Waals surface area (Å²) in [7, 11) is 0. The Morgan fingerprint density at radius 2 is 2.12 bits per heavy atom. The molecule has 1 atom stereocenters. The summed E-state index contributed by atoms with van der Waals surface area (Å²) in [6.45, 7) is 1.88. The van der Waals surface area contributed by atoms with E-state index in [1.807, 2.05) is 12.5 Å². The fourth-order valence-corrected chi connectivity index (χ4v) is 2.22. The lowest BCUT2D eigenvalue weighted by molar-refractivity contribution is 0.551. The molecule has 0 spiro atoms. The summed E-state index contributed by atoms with van der Waals surface area (Å²) >= 11 is 5.77. The third-order valence-corrected chi connectivity index (χ3v) is 3.19. The van der Waals surface area contributed by atoms with Gasteiger partial charge in [-0.2, -0.15) is 0 Å². The van der Waals surface area contributed by atoms with Gasteiger partial charge in [-0.3, -0.25) is 0 Å². The SMILES string of the molecule is Clc1cnc(N2CCC(n3ccnc3)C2)nc1. The van der Waals surface area contributed by atoms with Crippen LogP contribution in [0.4, 0.5) is 5.95 Å². The van der Waals surface area contributed by atoms with Crippen molar-refractivity contribution in [3.63, 3.8) is 0 Å². The van der Waals surface area contributed by atoms with Crippen LogP contribution in [0.3, 0.4) is 0 Å². The summed E-state index contributed by atoms with van der Waals surface area (Å²) in [5.41, 5.74) is 0. The molecule has 17 heavy (non-hydrogen) atoms. The van der Waals surface area contributed by atoms with Gasteiger partial charge < -0.3 is 9.47 Å². The highest BCUT2D eigenvalue weighted by Crippen LogP contribution is 2.24. The van der Waals surface area contributed by atoms with Crippen LogP contribution in [-0.2, 0) is 0 Å². The molecule has 5 nitrogen and oxygen atoms in total. The number of nitrogens with zero attached hydrogens (tertiary/aromatic N) is 5. The zero-order valence-electron chi connectivity index (χ0n) is 9.20. The summed E-state index contributed by atoms with van der Waals surface area (Å²) in [6.07, 6.45) is 10.0. The molecule has 0 aromatic carbocycles. The Labute approximate surface area is 104 Å². The topological polar surface area (TPSA) is 46.8 Å². The molecule has 6 heteroatoms. The van der Waals surface area contributed by atoms with Gasteiger partial charge in [0, 0.05) is 25.5 Å². The fourth-order valence-electron chi connectivity index (χ4n) is 2.12. The van der Waals surface area contributed by atoms with Gasteiger partial charge in [-0.05, 0) is 6.42 Å². The Balaban J connectivity index is 1.74. The second-order valence-electron chi connectivity index (χ2n) is 4.10. The maximum atomic E-state index is 5.77. The molecule has 1 aliphatic heterocycles. The van der Waals surface area contributed by atoms with Crippen LogP contribution < -0.4 is 4.90 Å². The van der Waals surface area contributed by atoms with Crippen molar-refractivity contribution >= 4 is 17.5 Å². The molecule has 0 aliphatic carbocycles. The normalized spacial score (nSPS) is 19.8. The fraction of sp³-hybridized carbons (Fsp3) is 0.364. The van der Waals surface area contributed by atoms with E-state index >= 15 is 0 Å². The van der Waals surface area contributed by atoms with Gasteiger partial charge >= 0.3 is 0 Å². The molecule has 0 bridgehead atoms. The van der Waals surface area contributed by atoms with Crippen molar-refractivity contribution in [3.8, 4) is 0 Å². The molecule has 0 N–H and O–H groups in total. The number of aromatic nitrogens is 4. The van der Waals surface area contributed by atoms with Crippen LogP contribution in [0.25, 0.3) is 0 Å². The second kappa shape index (κ2) is 4.33. The van der Waals surface area contributed by atoms with Crippen LogP contribution >= 0.6 is 11.6 Å². The first kappa shape index (κ1) is 10.5. The smallest absolute Gasteiger partial charge is 0.225 e. The number of anilines is 1. The monoisotopic (exact) mass is 249 g/mol.